The van der Waals surface area contributed by atoms with Gasteiger partial charge in [0.05, 0.1) is 12.9 Å². The minimum Gasteiger partial charge on any atom is -0.394 e. The molecule has 22 heavy (non-hydrogen) atoms. The number of nitrogens with zero attached hydrogens (tertiary/aromatic N) is 4. The summed E-state index contributed by atoms with van der Waals surface area (Å²) >= 11 is 0. The molecule has 1 fully saturated rings. The van der Waals surface area contributed by atoms with Gasteiger partial charge in [0.25, 0.3) is 0 Å². The first-order chi connectivity index (χ1) is 10.7. The summed E-state index contributed by atoms with van der Waals surface area (Å²) in [5.74, 6) is 0.537. The van der Waals surface area contributed by atoms with E-state index in [2.05, 4.69) is 26.8 Å². The maximum Gasteiger partial charge on any atom is 0.167 e. The van der Waals surface area contributed by atoms with Gasteiger partial charge in [0, 0.05) is 6.54 Å². The highest BCUT2D eigenvalue weighted by molar-refractivity contribution is 5.82. The van der Waals surface area contributed by atoms with E-state index in [0.29, 0.717) is 23.5 Å². The summed E-state index contributed by atoms with van der Waals surface area (Å²) in [5, 5.41) is 32.1. The normalized spacial score (nSPS) is 28.1. The molecule has 4 N–H and O–H groups in total. The van der Waals surface area contributed by atoms with Gasteiger partial charge in [-0.3, -0.25) is 4.57 Å². The van der Waals surface area contributed by atoms with Gasteiger partial charge in [-0.05, 0) is 0 Å². The molecule has 2 aromatic rings. The number of aliphatic hydroxyl groups is 3. The number of aliphatic hydroxyl groups excluding tert-OH is 3. The predicted molar refractivity (Wildman–Crippen MR) is 77.0 cm³/mol. The second-order valence-electron chi connectivity index (χ2n) is 4.94. The van der Waals surface area contributed by atoms with E-state index in [4.69, 9.17) is 9.84 Å². The van der Waals surface area contributed by atoms with Gasteiger partial charge in [0.1, 0.15) is 24.6 Å². The molecule has 1 aliphatic heterocycles. The molecular weight excluding hydrogens is 290 g/mol. The number of aromatic nitrogens is 4. The molecule has 0 aliphatic carbocycles. The molecule has 1 saturated heterocycles. The van der Waals surface area contributed by atoms with Gasteiger partial charge in [-0.2, -0.15) is 0 Å². The Morgan fingerprint density at radius 1 is 1.32 bits per heavy atom. The Balaban J connectivity index is 1.97. The molecule has 0 aromatic carbocycles. The van der Waals surface area contributed by atoms with Crippen LogP contribution in [0.4, 0.5) is 5.82 Å². The highest BCUT2D eigenvalue weighted by Gasteiger charge is 2.43. The Morgan fingerprint density at radius 3 is 2.82 bits per heavy atom. The van der Waals surface area contributed by atoms with Gasteiger partial charge >= 0.3 is 0 Å². The fourth-order valence-corrected chi connectivity index (χ4v) is 2.45. The van der Waals surface area contributed by atoms with Crippen molar-refractivity contribution in [3.63, 3.8) is 0 Å². The van der Waals surface area contributed by atoms with Crippen LogP contribution in [0.25, 0.3) is 11.2 Å². The Kier molecular flexibility index (Phi) is 4.03. The Hall–Kier alpha value is -2.07. The first-order valence-corrected chi connectivity index (χ1v) is 6.82. The molecule has 4 atom stereocenters. The minimum absolute atomic E-state index is 0.386. The van der Waals surface area contributed by atoms with Gasteiger partial charge in [-0.25, -0.2) is 15.0 Å². The topological polar surface area (TPSA) is 126 Å². The van der Waals surface area contributed by atoms with Crippen molar-refractivity contribution in [3.8, 4) is 0 Å². The molecule has 3 heterocycles. The Labute approximate surface area is 125 Å². The van der Waals surface area contributed by atoms with Gasteiger partial charge in [-0.1, -0.05) is 6.08 Å². The van der Waals surface area contributed by atoms with Crippen LogP contribution in [0.1, 0.15) is 6.23 Å². The molecule has 118 valence electrons. The lowest BCUT2D eigenvalue weighted by Crippen LogP contribution is -2.33. The molecule has 1 unspecified atom stereocenters. The van der Waals surface area contributed by atoms with Crippen LogP contribution in [0.5, 0.6) is 0 Å². The van der Waals surface area contributed by atoms with Crippen molar-refractivity contribution >= 4 is 17.0 Å². The number of anilines is 1. The number of rotatable bonds is 5. The van der Waals surface area contributed by atoms with E-state index in [1.165, 1.54) is 17.2 Å². The third kappa shape index (κ3) is 2.33. The number of hydrogen-bond acceptors (Lipinski definition) is 8. The van der Waals surface area contributed by atoms with Crippen LogP contribution in [-0.2, 0) is 4.74 Å². The zero-order valence-electron chi connectivity index (χ0n) is 11.7. The van der Waals surface area contributed by atoms with Crippen LogP contribution in [0.2, 0.25) is 0 Å². The summed E-state index contributed by atoms with van der Waals surface area (Å²) in [5.41, 5.74) is 0.971. The second-order valence-corrected chi connectivity index (χ2v) is 4.94. The van der Waals surface area contributed by atoms with E-state index in [1.54, 1.807) is 6.08 Å². The molecule has 0 saturated carbocycles. The molecule has 0 bridgehead atoms. The number of imidazole rings is 1. The molecule has 0 amide bonds. The Morgan fingerprint density at radius 2 is 2.14 bits per heavy atom. The average Bonchev–Trinajstić information content (AvgIpc) is 3.08. The highest BCUT2D eigenvalue weighted by atomic mass is 16.6. The molecule has 9 heteroatoms. The SMILES string of the molecule is C=CCNc1ncnc2c1ncn2C1O[C@H](CO)[C@@H](O)[C@H]1O. The maximum absolute atomic E-state index is 10.1. The second kappa shape index (κ2) is 5.97. The third-order valence-corrected chi connectivity index (χ3v) is 3.56. The summed E-state index contributed by atoms with van der Waals surface area (Å²) in [6, 6.07) is 0. The van der Waals surface area contributed by atoms with Gasteiger partial charge in [0.2, 0.25) is 0 Å². The van der Waals surface area contributed by atoms with Crippen LogP contribution in [-0.4, -0.2) is 66.3 Å². The number of hydrogen-bond donors (Lipinski definition) is 4. The van der Waals surface area contributed by atoms with Crippen molar-refractivity contribution in [2.24, 2.45) is 0 Å². The minimum atomic E-state index is -1.19. The third-order valence-electron chi connectivity index (χ3n) is 3.56. The van der Waals surface area contributed by atoms with Gasteiger partial charge < -0.3 is 25.4 Å². The van der Waals surface area contributed by atoms with Crippen molar-refractivity contribution in [1.82, 2.24) is 19.5 Å². The van der Waals surface area contributed by atoms with Crippen molar-refractivity contribution in [2.75, 3.05) is 18.5 Å². The summed E-state index contributed by atoms with van der Waals surface area (Å²) < 4.78 is 7.00. The summed E-state index contributed by atoms with van der Waals surface area (Å²) in [6.07, 6.45) is 0.432. The highest BCUT2D eigenvalue weighted by Crippen LogP contribution is 2.31. The number of fused-ring (bicyclic) bond motifs is 1. The van der Waals surface area contributed by atoms with Crippen LogP contribution in [0, 0.1) is 0 Å². The lowest BCUT2D eigenvalue weighted by atomic mass is 10.1. The van der Waals surface area contributed by atoms with E-state index >= 15 is 0 Å². The predicted octanol–water partition coefficient (Wildman–Crippen LogP) is -0.964. The van der Waals surface area contributed by atoms with E-state index in [0.717, 1.165) is 0 Å². The van der Waals surface area contributed by atoms with Crippen LogP contribution >= 0.6 is 0 Å². The fourth-order valence-electron chi connectivity index (χ4n) is 2.45. The van der Waals surface area contributed by atoms with Crippen LogP contribution in [0.15, 0.2) is 25.3 Å². The van der Waals surface area contributed by atoms with E-state index in [1.807, 2.05) is 0 Å². The summed E-state index contributed by atoms with van der Waals surface area (Å²) in [4.78, 5) is 12.5. The smallest absolute Gasteiger partial charge is 0.167 e. The van der Waals surface area contributed by atoms with Crippen molar-refractivity contribution < 1.29 is 20.1 Å². The van der Waals surface area contributed by atoms with E-state index in [-0.39, 0.29) is 6.61 Å². The van der Waals surface area contributed by atoms with Crippen LogP contribution < -0.4 is 5.32 Å². The zero-order chi connectivity index (χ0) is 15.7. The maximum atomic E-state index is 10.1. The standard InChI is InChI=1S/C13H17N5O4/c1-2-3-14-11-8-12(16-5-15-11)18(6-17-8)13-10(21)9(20)7(4-19)22-13/h2,5-7,9-10,13,19-21H,1,3-4H2,(H,14,15,16)/t7-,9-,10-,13?/m1/s1. The zero-order valence-corrected chi connectivity index (χ0v) is 11.7. The largest absolute Gasteiger partial charge is 0.394 e. The lowest BCUT2D eigenvalue weighted by molar-refractivity contribution is -0.0511. The molecule has 9 nitrogen and oxygen atoms in total. The van der Waals surface area contributed by atoms with E-state index in [9.17, 15) is 10.2 Å². The summed E-state index contributed by atoms with van der Waals surface area (Å²) in [7, 11) is 0. The van der Waals surface area contributed by atoms with Crippen molar-refractivity contribution in [3.05, 3.63) is 25.3 Å². The fraction of sp³-hybridized carbons (Fsp3) is 0.462. The van der Waals surface area contributed by atoms with Crippen molar-refractivity contribution in [1.29, 1.82) is 0 Å². The van der Waals surface area contributed by atoms with Crippen LogP contribution in [0.3, 0.4) is 0 Å². The summed E-state index contributed by atoms with van der Waals surface area (Å²) in [6.45, 7) is 3.76. The monoisotopic (exact) mass is 307 g/mol. The first kappa shape index (κ1) is 14.9. The average molecular weight is 307 g/mol. The molecule has 0 radical (unpaired) electrons. The number of nitrogens with one attached hydrogen (secondary N) is 1. The molecule has 1 aliphatic rings. The molecule has 0 spiro atoms. The van der Waals surface area contributed by atoms with Crippen molar-refractivity contribution in [2.45, 2.75) is 24.5 Å². The quantitative estimate of drug-likeness (QED) is 0.520. The number of ether oxygens (including phenoxy) is 1. The van der Waals surface area contributed by atoms with Gasteiger partial charge in [-0.15, -0.1) is 6.58 Å². The first-order valence-electron chi connectivity index (χ1n) is 6.82. The molecular formula is C13H17N5O4. The van der Waals surface area contributed by atoms with E-state index < -0.39 is 24.5 Å². The Bertz CT molecular complexity index is 675. The van der Waals surface area contributed by atoms with Gasteiger partial charge in [0.15, 0.2) is 23.2 Å². The molecule has 3 rings (SSSR count). The molecule has 2 aromatic heterocycles. The lowest BCUT2D eigenvalue weighted by Gasteiger charge is -2.16.